The van der Waals surface area contributed by atoms with E-state index >= 15 is 0 Å². The van der Waals surface area contributed by atoms with Crippen LogP contribution in [0, 0.1) is 11.3 Å². The Balaban J connectivity index is 2.36. The summed E-state index contributed by atoms with van der Waals surface area (Å²) >= 11 is 5.13. The number of benzene rings is 1. The predicted octanol–water partition coefficient (Wildman–Crippen LogP) is 4.55. The molecule has 1 aromatic carbocycles. The molecule has 1 unspecified atom stereocenters. The molecule has 1 aliphatic rings. The van der Waals surface area contributed by atoms with E-state index < -0.39 is 41.2 Å². The molecular formula is C16H14F6N4S. The zero-order valence-electron chi connectivity index (χ0n) is 14.1. The Morgan fingerprint density at radius 3 is 2.37 bits per heavy atom. The van der Waals surface area contributed by atoms with Crippen LogP contribution in [0.3, 0.4) is 0 Å². The van der Waals surface area contributed by atoms with Crippen LogP contribution >= 0.6 is 12.2 Å². The van der Waals surface area contributed by atoms with Gasteiger partial charge in [0, 0.05) is 12.1 Å². The molecule has 2 N–H and O–H groups in total. The Bertz CT molecular complexity index is 837. The highest BCUT2D eigenvalue weighted by atomic mass is 32.1. The predicted molar refractivity (Wildman–Crippen MR) is 91.4 cm³/mol. The summed E-state index contributed by atoms with van der Waals surface area (Å²) in [6, 6.07) is 3.75. The maximum atomic E-state index is 13.4. The third-order valence-corrected chi connectivity index (χ3v) is 4.66. The normalized spacial score (nSPS) is 19.9. The van der Waals surface area contributed by atoms with Gasteiger partial charge in [-0.2, -0.15) is 36.7 Å². The summed E-state index contributed by atoms with van der Waals surface area (Å²) in [5.41, 5.74) is -1.99. The lowest BCUT2D eigenvalue weighted by Gasteiger charge is -2.27. The van der Waals surface area contributed by atoms with Crippen molar-refractivity contribution < 1.29 is 26.3 Å². The molecule has 146 valence electrons. The summed E-state index contributed by atoms with van der Waals surface area (Å²) in [5.74, 6) is 0. The van der Waals surface area contributed by atoms with Crippen LogP contribution in [0.15, 0.2) is 17.2 Å². The summed E-state index contributed by atoms with van der Waals surface area (Å²) in [5, 5.41) is 14.8. The number of nitrogens with one attached hydrogen (secondary N) is 2. The molecule has 2 rings (SSSR count). The van der Waals surface area contributed by atoms with Gasteiger partial charge in [0.15, 0.2) is 0 Å². The molecular weight excluding hydrogens is 394 g/mol. The Kier molecular flexibility index (Phi) is 5.43. The molecule has 0 amide bonds. The maximum absolute atomic E-state index is 13.4. The fourth-order valence-corrected chi connectivity index (χ4v) is 2.94. The summed E-state index contributed by atoms with van der Waals surface area (Å²) in [4.78, 5) is -0.141. The Morgan fingerprint density at radius 2 is 1.93 bits per heavy atom. The van der Waals surface area contributed by atoms with E-state index in [1.807, 2.05) is 0 Å². The topological polar surface area (TPSA) is 60.2 Å². The van der Waals surface area contributed by atoms with E-state index in [0.717, 1.165) is 6.07 Å². The highest BCUT2D eigenvalue weighted by Gasteiger charge is 2.46. The molecule has 0 radical (unpaired) electrons. The van der Waals surface area contributed by atoms with Gasteiger partial charge in [0.2, 0.25) is 0 Å². The van der Waals surface area contributed by atoms with Gasteiger partial charge in [-0.15, -0.1) is 0 Å². The molecule has 4 nitrogen and oxygen atoms in total. The standard InChI is InChI=1S/C16H14F6N4S/c1-3-9-10(5-4-8(7-23)12(9)16(20,21)22)24-13(27)14(2)6-11(25-26-14)15(17,18)19/h4-5,26H,3,6H2,1-2H3,(H,24,27). The third kappa shape index (κ3) is 4.16. The minimum atomic E-state index is -4.77. The molecule has 1 aromatic rings. The summed E-state index contributed by atoms with van der Waals surface area (Å²) < 4.78 is 78.5. The molecule has 0 spiro atoms. The maximum Gasteiger partial charge on any atom is 0.431 e. The number of hydrazone groups is 1. The number of alkyl halides is 6. The first-order valence-electron chi connectivity index (χ1n) is 7.69. The molecule has 27 heavy (non-hydrogen) atoms. The first-order chi connectivity index (χ1) is 12.3. The molecule has 0 aliphatic carbocycles. The van der Waals surface area contributed by atoms with Crippen LogP contribution in [-0.4, -0.2) is 22.4 Å². The van der Waals surface area contributed by atoms with Gasteiger partial charge in [0.05, 0.1) is 17.2 Å². The molecule has 11 heteroatoms. The van der Waals surface area contributed by atoms with E-state index in [4.69, 9.17) is 17.5 Å². The van der Waals surface area contributed by atoms with Crippen LogP contribution in [0.25, 0.3) is 0 Å². The summed E-state index contributed by atoms with van der Waals surface area (Å²) in [6.45, 7) is 2.84. The average molecular weight is 408 g/mol. The van der Waals surface area contributed by atoms with Gasteiger partial charge in [0.25, 0.3) is 0 Å². The highest BCUT2D eigenvalue weighted by molar-refractivity contribution is 7.80. The van der Waals surface area contributed by atoms with E-state index in [2.05, 4.69) is 15.8 Å². The zero-order chi connectivity index (χ0) is 20.6. The van der Waals surface area contributed by atoms with Crippen molar-refractivity contribution in [2.75, 3.05) is 5.32 Å². The number of anilines is 1. The van der Waals surface area contributed by atoms with Crippen molar-refractivity contribution in [1.29, 1.82) is 5.26 Å². The Labute approximate surface area is 156 Å². The van der Waals surface area contributed by atoms with Crippen LogP contribution in [-0.2, 0) is 12.6 Å². The number of nitrogens with zero attached hydrogens (tertiary/aromatic N) is 2. The van der Waals surface area contributed by atoms with Gasteiger partial charge in [0.1, 0.15) is 16.2 Å². The SMILES string of the molecule is CCc1c(NC(=S)C2(C)CC(C(F)(F)F)=NN2)ccc(C#N)c1C(F)(F)F. The molecule has 0 saturated heterocycles. The fraction of sp³-hybridized carbons (Fsp3) is 0.438. The molecule has 1 atom stereocenters. The largest absolute Gasteiger partial charge is 0.431 e. The highest BCUT2D eigenvalue weighted by Crippen LogP contribution is 2.38. The summed E-state index contributed by atoms with van der Waals surface area (Å²) in [6.07, 6.45) is -10.0. The smallest absolute Gasteiger partial charge is 0.348 e. The van der Waals surface area contributed by atoms with Crippen molar-refractivity contribution in [2.45, 2.75) is 44.6 Å². The van der Waals surface area contributed by atoms with Crippen LogP contribution < -0.4 is 10.7 Å². The minimum Gasteiger partial charge on any atom is -0.348 e. The van der Waals surface area contributed by atoms with E-state index in [9.17, 15) is 26.3 Å². The van der Waals surface area contributed by atoms with Gasteiger partial charge in [-0.05, 0) is 31.0 Å². The Hall–Kier alpha value is -2.35. The molecule has 0 saturated carbocycles. The van der Waals surface area contributed by atoms with Crippen molar-refractivity contribution in [2.24, 2.45) is 5.10 Å². The second-order valence-electron chi connectivity index (χ2n) is 6.11. The lowest BCUT2D eigenvalue weighted by molar-refractivity contribution is -0.138. The van der Waals surface area contributed by atoms with Crippen molar-refractivity contribution in [3.05, 3.63) is 28.8 Å². The van der Waals surface area contributed by atoms with Gasteiger partial charge in [-0.1, -0.05) is 19.1 Å². The number of halogens is 6. The number of hydrogen-bond donors (Lipinski definition) is 2. The fourth-order valence-electron chi connectivity index (χ4n) is 2.71. The van der Waals surface area contributed by atoms with Crippen molar-refractivity contribution in [3.8, 4) is 6.07 Å². The van der Waals surface area contributed by atoms with Crippen molar-refractivity contribution in [3.63, 3.8) is 0 Å². The van der Waals surface area contributed by atoms with Crippen LogP contribution in [0.4, 0.5) is 32.0 Å². The van der Waals surface area contributed by atoms with Gasteiger partial charge in [-0.25, -0.2) is 0 Å². The zero-order valence-corrected chi connectivity index (χ0v) is 15.0. The van der Waals surface area contributed by atoms with E-state index in [-0.39, 0.29) is 22.7 Å². The van der Waals surface area contributed by atoms with E-state index in [0.29, 0.717) is 0 Å². The molecule has 1 heterocycles. The van der Waals surface area contributed by atoms with Crippen molar-refractivity contribution >= 4 is 28.6 Å². The second kappa shape index (κ2) is 6.99. The van der Waals surface area contributed by atoms with Crippen molar-refractivity contribution in [1.82, 2.24) is 5.43 Å². The third-order valence-electron chi connectivity index (χ3n) is 4.11. The first-order valence-corrected chi connectivity index (χ1v) is 8.10. The number of nitriles is 1. The van der Waals surface area contributed by atoms with E-state index in [1.165, 1.54) is 26.0 Å². The number of rotatable bonds is 3. The number of hydrogen-bond acceptors (Lipinski definition) is 4. The molecule has 0 fully saturated rings. The lowest BCUT2D eigenvalue weighted by Crippen LogP contribution is -2.47. The first kappa shape index (κ1) is 21.0. The lowest BCUT2D eigenvalue weighted by atomic mass is 9.94. The molecule has 1 aliphatic heterocycles. The van der Waals surface area contributed by atoms with Gasteiger partial charge < -0.3 is 5.32 Å². The van der Waals surface area contributed by atoms with Crippen LogP contribution in [0.5, 0.6) is 0 Å². The average Bonchev–Trinajstić information content (AvgIpc) is 2.97. The van der Waals surface area contributed by atoms with Crippen LogP contribution in [0.1, 0.15) is 37.0 Å². The van der Waals surface area contributed by atoms with Crippen LogP contribution in [0.2, 0.25) is 0 Å². The monoisotopic (exact) mass is 408 g/mol. The molecule has 0 bridgehead atoms. The van der Waals surface area contributed by atoms with E-state index in [1.54, 1.807) is 0 Å². The van der Waals surface area contributed by atoms with Gasteiger partial charge >= 0.3 is 12.4 Å². The molecule has 0 aromatic heterocycles. The second-order valence-corrected chi connectivity index (χ2v) is 6.52. The minimum absolute atomic E-state index is 0.0164. The Morgan fingerprint density at radius 1 is 1.30 bits per heavy atom. The number of thiocarbonyl (C=S) groups is 1. The van der Waals surface area contributed by atoms with Gasteiger partial charge in [-0.3, -0.25) is 5.43 Å². The quantitative estimate of drug-likeness (QED) is 0.569. The summed E-state index contributed by atoms with van der Waals surface area (Å²) in [7, 11) is 0.